The highest BCUT2D eigenvalue weighted by molar-refractivity contribution is 7.92. The lowest BCUT2D eigenvalue weighted by atomic mass is 10.1. The van der Waals surface area contributed by atoms with Gasteiger partial charge in [-0.2, -0.15) is 0 Å². The maximum atomic E-state index is 13.4. The number of sulfonamides is 1. The number of aryl methyl sites for hydroxylation is 3. The first-order chi connectivity index (χ1) is 14.2. The summed E-state index contributed by atoms with van der Waals surface area (Å²) in [6.45, 7) is 5.33. The molecule has 0 fully saturated rings. The summed E-state index contributed by atoms with van der Waals surface area (Å²) in [7, 11) is -3.98. The maximum absolute atomic E-state index is 13.4. The first-order valence-electron chi connectivity index (χ1n) is 9.39. The third-order valence-corrected chi connectivity index (χ3v) is 6.86. The van der Waals surface area contributed by atoms with E-state index in [1.165, 1.54) is 12.1 Å². The summed E-state index contributed by atoms with van der Waals surface area (Å²) >= 11 is 6.13. The average Bonchev–Trinajstić information content (AvgIpc) is 2.71. The smallest absolute Gasteiger partial charge is 0.264 e. The Bertz CT molecular complexity index is 1180. The van der Waals surface area contributed by atoms with Gasteiger partial charge in [0, 0.05) is 10.7 Å². The van der Waals surface area contributed by atoms with Gasteiger partial charge >= 0.3 is 0 Å². The van der Waals surface area contributed by atoms with E-state index in [9.17, 15) is 13.2 Å². The summed E-state index contributed by atoms with van der Waals surface area (Å²) in [6, 6.07) is 18.6. The molecule has 0 saturated heterocycles. The summed E-state index contributed by atoms with van der Waals surface area (Å²) in [5.41, 5.74) is 3.81. The summed E-state index contributed by atoms with van der Waals surface area (Å²) in [5.74, 6) is -0.447. The number of benzene rings is 3. The van der Waals surface area contributed by atoms with Crippen LogP contribution in [0.5, 0.6) is 0 Å². The lowest BCUT2D eigenvalue weighted by Crippen LogP contribution is -2.38. The predicted octanol–water partition coefficient (Wildman–Crippen LogP) is 5.10. The summed E-state index contributed by atoms with van der Waals surface area (Å²) in [5, 5.41) is 3.18. The van der Waals surface area contributed by atoms with Crippen LogP contribution < -0.4 is 9.62 Å². The van der Waals surface area contributed by atoms with Crippen molar-refractivity contribution in [2.45, 2.75) is 25.7 Å². The Morgan fingerprint density at radius 3 is 2.23 bits per heavy atom. The van der Waals surface area contributed by atoms with Crippen molar-refractivity contribution in [2.75, 3.05) is 16.2 Å². The fourth-order valence-electron chi connectivity index (χ4n) is 3.02. The van der Waals surface area contributed by atoms with Crippen LogP contribution in [-0.2, 0) is 14.8 Å². The average molecular weight is 443 g/mol. The fourth-order valence-corrected chi connectivity index (χ4v) is 4.69. The Morgan fingerprint density at radius 1 is 0.900 bits per heavy atom. The Kier molecular flexibility index (Phi) is 6.48. The maximum Gasteiger partial charge on any atom is 0.264 e. The number of amides is 1. The molecule has 0 aromatic heterocycles. The van der Waals surface area contributed by atoms with E-state index in [2.05, 4.69) is 5.32 Å². The molecule has 3 aromatic rings. The SMILES string of the molecule is Cc1ccc(NC(=O)CN(c2cc(Cl)ccc2C)S(=O)(=O)c2ccccc2)cc1C. The van der Waals surface area contributed by atoms with Crippen LogP contribution in [0.1, 0.15) is 16.7 Å². The number of carbonyl (C=O) groups is 1. The van der Waals surface area contributed by atoms with E-state index in [0.717, 1.165) is 15.4 Å². The van der Waals surface area contributed by atoms with Crippen LogP contribution in [0.4, 0.5) is 11.4 Å². The van der Waals surface area contributed by atoms with Crippen LogP contribution in [-0.4, -0.2) is 20.9 Å². The molecule has 1 N–H and O–H groups in total. The molecule has 1 amide bonds. The van der Waals surface area contributed by atoms with Crippen molar-refractivity contribution in [3.63, 3.8) is 0 Å². The second-order valence-corrected chi connectivity index (χ2v) is 9.40. The van der Waals surface area contributed by atoms with Crippen LogP contribution in [0, 0.1) is 20.8 Å². The zero-order chi connectivity index (χ0) is 21.9. The van der Waals surface area contributed by atoms with Gasteiger partial charge in [0.2, 0.25) is 5.91 Å². The molecule has 30 heavy (non-hydrogen) atoms. The van der Waals surface area contributed by atoms with Gasteiger partial charge in [-0.25, -0.2) is 8.42 Å². The zero-order valence-electron chi connectivity index (χ0n) is 17.0. The van der Waals surface area contributed by atoms with Gasteiger partial charge in [-0.15, -0.1) is 0 Å². The van der Waals surface area contributed by atoms with Crippen LogP contribution in [0.3, 0.4) is 0 Å². The molecule has 5 nitrogen and oxygen atoms in total. The van der Waals surface area contributed by atoms with Crippen LogP contribution in [0.25, 0.3) is 0 Å². The van der Waals surface area contributed by atoms with Crippen LogP contribution >= 0.6 is 11.6 Å². The highest BCUT2D eigenvalue weighted by Crippen LogP contribution is 2.29. The van der Waals surface area contributed by atoms with Gasteiger partial charge in [-0.3, -0.25) is 9.10 Å². The highest BCUT2D eigenvalue weighted by atomic mass is 35.5. The van der Waals surface area contributed by atoms with Crippen molar-refractivity contribution < 1.29 is 13.2 Å². The van der Waals surface area contributed by atoms with Crippen molar-refractivity contribution in [3.8, 4) is 0 Å². The number of rotatable bonds is 6. The summed E-state index contributed by atoms with van der Waals surface area (Å²) in [4.78, 5) is 12.9. The molecule has 3 rings (SSSR count). The van der Waals surface area contributed by atoms with E-state index < -0.39 is 15.9 Å². The Morgan fingerprint density at radius 2 is 1.57 bits per heavy atom. The predicted molar refractivity (Wildman–Crippen MR) is 122 cm³/mol. The van der Waals surface area contributed by atoms with E-state index in [1.807, 2.05) is 26.0 Å². The van der Waals surface area contributed by atoms with Crippen molar-refractivity contribution in [1.29, 1.82) is 0 Å². The van der Waals surface area contributed by atoms with Crippen LogP contribution in [0.15, 0.2) is 71.6 Å². The quantitative estimate of drug-likeness (QED) is 0.577. The van der Waals surface area contributed by atoms with Gasteiger partial charge in [0.25, 0.3) is 10.0 Å². The number of anilines is 2. The van der Waals surface area contributed by atoms with Gasteiger partial charge in [0.15, 0.2) is 0 Å². The molecule has 0 unspecified atom stereocenters. The monoisotopic (exact) mass is 442 g/mol. The van der Waals surface area contributed by atoms with E-state index in [-0.39, 0.29) is 11.4 Å². The number of nitrogens with one attached hydrogen (secondary N) is 1. The lowest BCUT2D eigenvalue weighted by Gasteiger charge is -2.26. The summed E-state index contributed by atoms with van der Waals surface area (Å²) in [6.07, 6.45) is 0. The van der Waals surface area contributed by atoms with E-state index >= 15 is 0 Å². The first kappa shape index (κ1) is 21.9. The van der Waals surface area contributed by atoms with Crippen LogP contribution in [0.2, 0.25) is 5.02 Å². The van der Waals surface area contributed by atoms with Gasteiger partial charge in [-0.1, -0.05) is 41.9 Å². The minimum atomic E-state index is -3.98. The molecule has 0 heterocycles. The third-order valence-electron chi connectivity index (χ3n) is 4.85. The standard InChI is InChI=1S/C23H23ClN2O3S/c1-16-10-12-20(13-18(16)3)25-23(27)15-26(22-14-19(24)11-9-17(22)2)30(28,29)21-7-5-4-6-8-21/h4-14H,15H2,1-3H3,(H,25,27). The zero-order valence-corrected chi connectivity index (χ0v) is 18.6. The Balaban J connectivity index is 1.98. The van der Waals surface area contributed by atoms with Gasteiger partial charge < -0.3 is 5.32 Å². The second-order valence-electron chi connectivity index (χ2n) is 7.10. The summed E-state index contributed by atoms with van der Waals surface area (Å²) < 4.78 is 27.9. The number of halogens is 1. The topological polar surface area (TPSA) is 66.5 Å². The molecule has 0 aliphatic carbocycles. The molecule has 0 atom stereocenters. The minimum Gasteiger partial charge on any atom is -0.325 e. The number of hydrogen-bond donors (Lipinski definition) is 1. The normalized spacial score (nSPS) is 11.2. The number of nitrogens with zero attached hydrogens (tertiary/aromatic N) is 1. The molecule has 0 spiro atoms. The van der Waals surface area contributed by atoms with Crippen molar-refractivity contribution >= 4 is 38.9 Å². The van der Waals surface area contributed by atoms with E-state index in [1.54, 1.807) is 49.4 Å². The number of hydrogen-bond acceptors (Lipinski definition) is 3. The minimum absolute atomic E-state index is 0.100. The van der Waals surface area contributed by atoms with Gasteiger partial charge in [-0.05, 0) is 73.9 Å². The van der Waals surface area contributed by atoms with E-state index in [4.69, 9.17) is 11.6 Å². The van der Waals surface area contributed by atoms with Gasteiger partial charge in [0.05, 0.1) is 10.6 Å². The molecule has 0 bridgehead atoms. The molecule has 156 valence electrons. The fraction of sp³-hybridized carbons (Fsp3) is 0.174. The van der Waals surface area contributed by atoms with Crippen molar-refractivity contribution in [1.82, 2.24) is 0 Å². The van der Waals surface area contributed by atoms with Crippen molar-refractivity contribution in [3.05, 3.63) is 88.4 Å². The molecule has 0 saturated carbocycles. The van der Waals surface area contributed by atoms with E-state index in [0.29, 0.717) is 22.0 Å². The molecule has 0 aliphatic heterocycles. The molecule has 7 heteroatoms. The molecular formula is C23H23ClN2O3S. The molecular weight excluding hydrogens is 420 g/mol. The second kappa shape index (κ2) is 8.90. The molecule has 0 aliphatic rings. The third kappa shape index (κ3) is 4.83. The first-order valence-corrected chi connectivity index (χ1v) is 11.2. The van der Waals surface area contributed by atoms with Crippen molar-refractivity contribution in [2.24, 2.45) is 0 Å². The lowest BCUT2D eigenvalue weighted by molar-refractivity contribution is -0.114. The van der Waals surface area contributed by atoms with Gasteiger partial charge in [0.1, 0.15) is 6.54 Å². The largest absolute Gasteiger partial charge is 0.325 e. The highest BCUT2D eigenvalue weighted by Gasteiger charge is 2.28. The molecule has 0 radical (unpaired) electrons. The molecule has 3 aromatic carbocycles. The number of carbonyl (C=O) groups excluding carboxylic acids is 1. The Labute approximate surface area is 182 Å². The Hall–Kier alpha value is -2.83.